The van der Waals surface area contributed by atoms with Crippen molar-refractivity contribution in [1.29, 1.82) is 0 Å². The smallest absolute Gasteiger partial charge is 0.0945 e. The molecular formula is C16H34N2. The number of nitrogens with one attached hydrogen (secondary N) is 2. The molecule has 0 aromatic heterocycles. The first-order valence-corrected chi connectivity index (χ1v) is 8.03. The van der Waals surface area contributed by atoms with Crippen LogP contribution in [0.15, 0.2) is 11.9 Å². The lowest BCUT2D eigenvalue weighted by atomic mass is 10.2. The maximum Gasteiger partial charge on any atom is 0.0945 e. The minimum atomic E-state index is 1.10. The van der Waals surface area contributed by atoms with E-state index in [2.05, 4.69) is 37.5 Å². The molecule has 0 spiro atoms. The zero-order chi connectivity index (χ0) is 13.5. The van der Waals surface area contributed by atoms with E-state index in [4.69, 9.17) is 0 Å². The number of rotatable bonds is 13. The first-order valence-electron chi connectivity index (χ1n) is 8.03. The van der Waals surface area contributed by atoms with Gasteiger partial charge in [-0.1, -0.05) is 52.9 Å². The lowest BCUT2D eigenvalue weighted by Crippen LogP contribution is -2.28. The summed E-state index contributed by atoms with van der Waals surface area (Å²) < 4.78 is 0. The fourth-order valence-electron chi connectivity index (χ4n) is 1.85. The van der Waals surface area contributed by atoms with Gasteiger partial charge in [0.1, 0.15) is 0 Å². The van der Waals surface area contributed by atoms with Gasteiger partial charge in [-0.2, -0.15) is 0 Å². The molecule has 18 heavy (non-hydrogen) atoms. The van der Waals surface area contributed by atoms with Crippen LogP contribution in [0.3, 0.4) is 0 Å². The average Bonchev–Trinajstić information content (AvgIpc) is 2.39. The third kappa shape index (κ3) is 11.8. The minimum Gasteiger partial charge on any atom is -0.372 e. The Morgan fingerprint density at radius 1 is 0.722 bits per heavy atom. The van der Waals surface area contributed by atoms with E-state index in [0.29, 0.717) is 0 Å². The van der Waals surface area contributed by atoms with Gasteiger partial charge in [0.05, 0.1) is 5.82 Å². The number of hydrogen-bond donors (Lipinski definition) is 2. The van der Waals surface area contributed by atoms with Crippen LogP contribution in [0.5, 0.6) is 0 Å². The highest BCUT2D eigenvalue weighted by Crippen LogP contribution is 2.00. The van der Waals surface area contributed by atoms with Crippen molar-refractivity contribution in [2.75, 3.05) is 13.1 Å². The summed E-state index contributed by atoms with van der Waals surface area (Å²) in [7, 11) is 0. The van der Waals surface area contributed by atoms with E-state index in [-0.39, 0.29) is 0 Å². The molecule has 0 aromatic carbocycles. The largest absolute Gasteiger partial charge is 0.372 e. The zero-order valence-electron chi connectivity index (χ0n) is 12.9. The van der Waals surface area contributed by atoms with Crippen molar-refractivity contribution in [2.24, 2.45) is 0 Å². The number of unbranched alkanes of at least 4 members (excludes halogenated alkanes) is 6. The van der Waals surface area contributed by atoms with E-state index >= 15 is 0 Å². The lowest BCUT2D eigenvalue weighted by molar-refractivity contribution is 0.598. The highest BCUT2D eigenvalue weighted by Gasteiger charge is 1.95. The van der Waals surface area contributed by atoms with Crippen molar-refractivity contribution < 1.29 is 0 Å². The van der Waals surface area contributed by atoms with Gasteiger partial charge in [-0.15, -0.1) is 0 Å². The summed E-state index contributed by atoms with van der Waals surface area (Å²) in [6.45, 7) is 8.96. The Labute approximate surface area is 115 Å². The quantitative estimate of drug-likeness (QED) is 0.470. The Bertz CT molecular complexity index is 174. The molecular weight excluding hydrogens is 220 g/mol. The van der Waals surface area contributed by atoms with Gasteiger partial charge in [0, 0.05) is 13.1 Å². The Balaban J connectivity index is 3.80. The maximum absolute atomic E-state index is 3.54. The van der Waals surface area contributed by atoms with Crippen molar-refractivity contribution >= 4 is 0 Å². The van der Waals surface area contributed by atoms with Crippen LogP contribution < -0.4 is 10.6 Å². The second-order valence-corrected chi connectivity index (χ2v) is 5.03. The first kappa shape index (κ1) is 17.3. The molecule has 0 unspecified atom stereocenters. The van der Waals surface area contributed by atoms with Crippen LogP contribution in [-0.4, -0.2) is 13.1 Å². The van der Waals surface area contributed by atoms with E-state index in [9.17, 15) is 0 Å². The standard InChI is InChI=1S/C16H34N2/c1-4-7-10-13-16(17-14-11-8-5-2)18-15-12-9-6-3/h13,17-18H,4-12,14-15H2,1-3H3. The van der Waals surface area contributed by atoms with E-state index in [1.807, 2.05) is 0 Å². The van der Waals surface area contributed by atoms with E-state index in [1.54, 1.807) is 0 Å². The molecule has 0 atom stereocenters. The third-order valence-corrected chi connectivity index (χ3v) is 3.10. The minimum absolute atomic E-state index is 1.10. The lowest BCUT2D eigenvalue weighted by Gasteiger charge is -2.13. The molecule has 0 fully saturated rings. The summed E-state index contributed by atoms with van der Waals surface area (Å²) in [5.74, 6) is 1.26. The highest BCUT2D eigenvalue weighted by molar-refractivity contribution is 4.96. The molecule has 0 saturated carbocycles. The van der Waals surface area contributed by atoms with Crippen LogP contribution in [0.4, 0.5) is 0 Å². The van der Waals surface area contributed by atoms with Gasteiger partial charge in [0.25, 0.3) is 0 Å². The van der Waals surface area contributed by atoms with Crippen LogP contribution in [0.25, 0.3) is 0 Å². The molecule has 0 aliphatic carbocycles. The summed E-state index contributed by atoms with van der Waals surface area (Å²) in [5, 5.41) is 7.08. The molecule has 2 N–H and O–H groups in total. The van der Waals surface area contributed by atoms with Gasteiger partial charge < -0.3 is 10.6 Å². The van der Waals surface area contributed by atoms with Crippen LogP contribution >= 0.6 is 0 Å². The SMILES string of the molecule is CCCCC=C(NCCCCC)NCCCCC. The molecule has 0 bridgehead atoms. The third-order valence-electron chi connectivity index (χ3n) is 3.10. The Kier molecular flexibility index (Phi) is 13.9. The molecule has 2 nitrogen and oxygen atoms in total. The van der Waals surface area contributed by atoms with E-state index in [0.717, 1.165) is 13.1 Å². The van der Waals surface area contributed by atoms with Gasteiger partial charge in [0.2, 0.25) is 0 Å². The van der Waals surface area contributed by atoms with Crippen molar-refractivity contribution in [1.82, 2.24) is 10.6 Å². The summed E-state index contributed by atoms with van der Waals surface area (Å²) in [5.41, 5.74) is 0. The Morgan fingerprint density at radius 2 is 1.22 bits per heavy atom. The van der Waals surface area contributed by atoms with Gasteiger partial charge in [-0.25, -0.2) is 0 Å². The molecule has 0 rings (SSSR count). The van der Waals surface area contributed by atoms with E-state index < -0.39 is 0 Å². The average molecular weight is 254 g/mol. The molecule has 0 aliphatic heterocycles. The maximum atomic E-state index is 3.54. The van der Waals surface area contributed by atoms with Gasteiger partial charge in [-0.05, 0) is 31.8 Å². The summed E-state index contributed by atoms with van der Waals surface area (Å²) in [4.78, 5) is 0. The van der Waals surface area contributed by atoms with Crippen LogP contribution in [0.2, 0.25) is 0 Å². The normalized spacial score (nSPS) is 10.2. The van der Waals surface area contributed by atoms with Crippen LogP contribution in [-0.2, 0) is 0 Å². The van der Waals surface area contributed by atoms with E-state index in [1.165, 1.54) is 63.6 Å². The Hall–Kier alpha value is -0.660. The van der Waals surface area contributed by atoms with Crippen molar-refractivity contribution in [3.63, 3.8) is 0 Å². The molecule has 0 aliphatic rings. The van der Waals surface area contributed by atoms with Gasteiger partial charge in [-0.3, -0.25) is 0 Å². The predicted octanol–water partition coefficient (Wildman–Crippen LogP) is 4.58. The summed E-state index contributed by atoms with van der Waals surface area (Å²) >= 11 is 0. The Morgan fingerprint density at radius 3 is 1.67 bits per heavy atom. The fourth-order valence-corrected chi connectivity index (χ4v) is 1.85. The predicted molar refractivity (Wildman–Crippen MR) is 82.7 cm³/mol. The summed E-state index contributed by atoms with van der Waals surface area (Å²) in [6, 6.07) is 0. The van der Waals surface area contributed by atoms with Crippen molar-refractivity contribution in [2.45, 2.75) is 78.6 Å². The molecule has 0 heterocycles. The van der Waals surface area contributed by atoms with Gasteiger partial charge >= 0.3 is 0 Å². The topological polar surface area (TPSA) is 24.1 Å². The van der Waals surface area contributed by atoms with Crippen molar-refractivity contribution in [3.05, 3.63) is 11.9 Å². The number of hydrogen-bond acceptors (Lipinski definition) is 2. The number of allylic oxidation sites excluding steroid dienone is 1. The van der Waals surface area contributed by atoms with Crippen LogP contribution in [0, 0.1) is 0 Å². The highest BCUT2D eigenvalue weighted by atomic mass is 15.1. The molecule has 0 aromatic rings. The molecule has 108 valence electrons. The molecule has 0 saturated heterocycles. The summed E-state index contributed by atoms with van der Waals surface area (Å²) in [6.07, 6.45) is 13.9. The molecule has 0 radical (unpaired) electrons. The second kappa shape index (κ2) is 14.4. The first-order chi connectivity index (χ1) is 8.85. The molecule has 2 heteroatoms. The van der Waals surface area contributed by atoms with Crippen LogP contribution in [0.1, 0.15) is 78.6 Å². The fraction of sp³-hybridized carbons (Fsp3) is 0.875. The zero-order valence-corrected chi connectivity index (χ0v) is 12.9. The monoisotopic (exact) mass is 254 g/mol. The molecule has 0 amide bonds. The van der Waals surface area contributed by atoms with Gasteiger partial charge in [0.15, 0.2) is 0 Å². The van der Waals surface area contributed by atoms with Crippen molar-refractivity contribution in [3.8, 4) is 0 Å². The second-order valence-electron chi connectivity index (χ2n) is 5.03.